The average Bonchev–Trinajstić information content (AvgIpc) is 3.30. The van der Waals surface area contributed by atoms with Gasteiger partial charge in [-0.15, -0.1) is 5.10 Å². The molecule has 0 saturated heterocycles. The number of nitrogens with zero attached hydrogens (tertiary/aromatic N) is 4. The second kappa shape index (κ2) is 11.3. The minimum atomic E-state index is -1.15. The van der Waals surface area contributed by atoms with Crippen molar-refractivity contribution in [2.45, 2.75) is 51.7 Å². The fraction of sp³-hybridized carbons (Fsp3) is 0.310. The standard InChI is InChI=1S/C29H32FN5O2/c1-4-29(2,3)31-28(37)27(22-14-8-9-15-23(22)30)34(19-18-21-12-6-5-7-13-21)26(36)20-35-25-17-11-10-16-24(25)32-33-35/h5-17,27H,4,18-20H2,1-3H3,(H,31,37)/t27-/m1/s1. The number of benzene rings is 3. The average molecular weight is 502 g/mol. The predicted octanol–water partition coefficient (Wildman–Crippen LogP) is 4.69. The molecule has 2 amide bonds. The summed E-state index contributed by atoms with van der Waals surface area (Å²) in [6, 6.07) is 22.0. The predicted molar refractivity (Wildman–Crippen MR) is 141 cm³/mol. The summed E-state index contributed by atoms with van der Waals surface area (Å²) in [5, 5.41) is 11.3. The van der Waals surface area contributed by atoms with Crippen molar-refractivity contribution >= 4 is 22.8 Å². The Balaban J connectivity index is 1.73. The number of carbonyl (C=O) groups is 2. The fourth-order valence-corrected chi connectivity index (χ4v) is 4.18. The van der Waals surface area contributed by atoms with Crippen LogP contribution in [0.3, 0.4) is 0 Å². The number of aromatic nitrogens is 3. The molecule has 1 heterocycles. The van der Waals surface area contributed by atoms with Gasteiger partial charge in [0.25, 0.3) is 0 Å². The topological polar surface area (TPSA) is 80.1 Å². The number of nitrogens with one attached hydrogen (secondary N) is 1. The van der Waals surface area contributed by atoms with Gasteiger partial charge < -0.3 is 10.2 Å². The smallest absolute Gasteiger partial charge is 0.247 e. The lowest BCUT2D eigenvalue weighted by atomic mass is 9.98. The van der Waals surface area contributed by atoms with E-state index in [9.17, 15) is 9.59 Å². The molecule has 0 bridgehead atoms. The van der Waals surface area contributed by atoms with Crippen LogP contribution in [-0.4, -0.2) is 43.8 Å². The maximum Gasteiger partial charge on any atom is 0.247 e. The Morgan fingerprint density at radius 1 is 1.00 bits per heavy atom. The molecule has 4 rings (SSSR count). The van der Waals surface area contributed by atoms with Crippen molar-refractivity contribution in [1.82, 2.24) is 25.2 Å². The summed E-state index contributed by atoms with van der Waals surface area (Å²) < 4.78 is 16.7. The van der Waals surface area contributed by atoms with Crippen LogP contribution < -0.4 is 5.32 Å². The van der Waals surface area contributed by atoms with Crippen LogP contribution in [0.1, 0.15) is 44.4 Å². The molecule has 1 aromatic heterocycles. The maximum absolute atomic E-state index is 15.1. The van der Waals surface area contributed by atoms with Crippen LogP contribution in [0.5, 0.6) is 0 Å². The summed E-state index contributed by atoms with van der Waals surface area (Å²) in [7, 11) is 0. The molecule has 0 fully saturated rings. The van der Waals surface area contributed by atoms with E-state index in [1.54, 1.807) is 18.2 Å². The van der Waals surface area contributed by atoms with E-state index in [1.165, 1.54) is 15.6 Å². The molecule has 3 aromatic carbocycles. The van der Waals surface area contributed by atoms with Crippen LogP contribution in [0.4, 0.5) is 4.39 Å². The van der Waals surface area contributed by atoms with Gasteiger partial charge in [-0.05, 0) is 50.5 Å². The van der Waals surface area contributed by atoms with Gasteiger partial charge in [-0.2, -0.15) is 0 Å². The van der Waals surface area contributed by atoms with E-state index in [-0.39, 0.29) is 24.6 Å². The number of fused-ring (bicyclic) bond motifs is 1. The van der Waals surface area contributed by atoms with Crippen molar-refractivity contribution in [3.63, 3.8) is 0 Å². The summed E-state index contributed by atoms with van der Waals surface area (Å²) in [5.74, 6) is -1.33. The monoisotopic (exact) mass is 501 g/mol. The molecule has 0 aliphatic carbocycles. The van der Waals surface area contributed by atoms with Crippen LogP contribution >= 0.6 is 0 Å². The summed E-state index contributed by atoms with van der Waals surface area (Å²) in [5.41, 5.74) is 2.00. The van der Waals surface area contributed by atoms with E-state index in [0.717, 1.165) is 5.56 Å². The minimum Gasteiger partial charge on any atom is -0.349 e. The van der Waals surface area contributed by atoms with Gasteiger partial charge in [0.2, 0.25) is 11.8 Å². The lowest BCUT2D eigenvalue weighted by molar-refractivity contribution is -0.142. The van der Waals surface area contributed by atoms with Crippen molar-refractivity contribution in [3.05, 3.63) is 95.8 Å². The number of para-hydroxylation sites is 1. The van der Waals surface area contributed by atoms with Gasteiger partial charge in [0.1, 0.15) is 23.9 Å². The van der Waals surface area contributed by atoms with Gasteiger partial charge >= 0.3 is 0 Å². The first kappa shape index (κ1) is 26.0. The maximum atomic E-state index is 15.1. The van der Waals surface area contributed by atoms with Crippen molar-refractivity contribution in [2.75, 3.05) is 6.54 Å². The summed E-state index contributed by atoms with van der Waals surface area (Å²) in [6.45, 7) is 5.85. The number of hydrogen-bond acceptors (Lipinski definition) is 4. The van der Waals surface area contributed by atoms with Crippen LogP contribution in [0, 0.1) is 5.82 Å². The first-order valence-corrected chi connectivity index (χ1v) is 12.5. The Morgan fingerprint density at radius 2 is 1.68 bits per heavy atom. The molecule has 8 heteroatoms. The number of hydrogen-bond donors (Lipinski definition) is 1. The molecule has 0 aliphatic heterocycles. The quantitative estimate of drug-likeness (QED) is 0.342. The molecule has 37 heavy (non-hydrogen) atoms. The van der Waals surface area contributed by atoms with E-state index >= 15 is 4.39 Å². The molecule has 192 valence electrons. The second-order valence-electron chi connectivity index (χ2n) is 9.71. The molecule has 0 spiro atoms. The van der Waals surface area contributed by atoms with Gasteiger partial charge in [0.05, 0.1) is 5.52 Å². The van der Waals surface area contributed by atoms with Gasteiger partial charge in [-0.25, -0.2) is 9.07 Å². The number of rotatable bonds is 10. The highest BCUT2D eigenvalue weighted by atomic mass is 19.1. The van der Waals surface area contributed by atoms with E-state index in [0.29, 0.717) is 23.9 Å². The molecule has 4 aromatic rings. The Bertz CT molecular complexity index is 1370. The number of carbonyl (C=O) groups excluding carboxylic acids is 2. The van der Waals surface area contributed by atoms with Gasteiger partial charge in [0, 0.05) is 17.6 Å². The molecule has 0 saturated carbocycles. The first-order valence-electron chi connectivity index (χ1n) is 12.5. The van der Waals surface area contributed by atoms with Crippen molar-refractivity contribution in [1.29, 1.82) is 0 Å². The Hall–Kier alpha value is -4.07. The third kappa shape index (κ3) is 6.20. The number of halogens is 1. The highest BCUT2D eigenvalue weighted by molar-refractivity contribution is 5.89. The fourth-order valence-electron chi connectivity index (χ4n) is 4.18. The van der Waals surface area contributed by atoms with E-state index in [2.05, 4.69) is 15.6 Å². The SMILES string of the molecule is CCC(C)(C)NC(=O)[C@@H](c1ccccc1F)N(CCc1ccccc1)C(=O)Cn1nnc2ccccc21. The second-order valence-corrected chi connectivity index (χ2v) is 9.71. The van der Waals surface area contributed by atoms with E-state index in [4.69, 9.17) is 0 Å². The molecule has 1 N–H and O–H groups in total. The van der Waals surface area contributed by atoms with E-state index < -0.39 is 23.3 Å². The Labute approximate surface area is 216 Å². The molecule has 7 nitrogen and oxygen atoms in total. The minimum absolute atomic E-state index is 0.134. The van der Waals surface area contributed by atoms with Crippen molar-refractivity contribution in [3.8, 4) is 0 Å². The highest BCUT2D eigenvalue weighted by Gasteiger charge is 2.35. The Morgan fingerprint density at radius 3 is 2.41 bits per heavy atom. The zero-order chi connectivity index (χ0) is 26.4. The molecule has 0 unspecified atom stereocenters. The van der Waals surface area contributed by atoms with Crippen LogP contribution in [-0.2, 0) is 22.6 Å². The first-order chi connectivity index (χ1) is 17.8. The highest BCUT2D eigenvalue weighted by Crippen LogP contribution is 2.26. The van der Waals surface area contributed by atoms with Gasteiger partial charge in [-0.1, -0.05) is 72.8 Å². The summed E-state index contributed by atoms with van der Waals surface area (Å²) in [4.78, 5) is 29.1. The largest absolute Gasteiger partial charge is 0.349 e. The lowest BCUT2D eigenvalue weighted by Gasteiger charge is -2.34. The van der Waals surface area contributed by atoms with Crippen LogP contribution in [0.15, 0.2) is 78.9 Å². The summed E-state index contributed by atoms with van der Waals surface area (Å²) >= 11 is 0. The van der Waals surface area contributed by atoms with Crippen molar-refractivity contribution < 1.29 is 14.0 Å². The van der Waals surface area contributed by atoms with Crippen molar-refractivity contribution in [2.24, 2.45) is 0 Å². The molecular weight excluding hydrogens is 469 g/mol. The van der Waals surface area contributed by atoms with Crippen LogP contribution in [0.25, 0.3) is 11.0 Å². The zero-order valence-electron chi connectivity index (χ0n) is 21.4. The van der Waals surface area contributed by atoms with E-state index in [1.807, 2.05) is 75.4 Å². The third-order valence-corrected chi connectivity index (χ3v) is 6.62. The molecular formula is C29H32FN5O2. The third-order valence-electron chi connectivity index (χ3n) is 6.62. The Kier molecular flexibility index (Phi) is 7.96. The molecule has 0 radical (unpaired) electrons. The van der Waals surface area contributed by atoms with Crippen LogP contribution in [0.2, 0.25) is 0 Å². The molecule has 1 atom stereocenters. The lowest BCUT2D eigenvalue weighted by Crippen LogP contribution is -2.51. The normalized spacial score (nSPS) is 12.3. The summed E-state index contributed by atoms with van der Waals surface area (Å²) in [6.07, 6.45) is 1.17. The van der Waals surface area contributed by atoms with Gasteiger partial charge in [0.15, 0.2) is 0 Å². The zero-order valence-corrected chi connectivity index (χ0v) is 21.4. The van der Waals surface area contributed by atoms with Gasteiger partial charge in [-0.3, -0.25) is 9.59 Å². The molecule has 0 aliphatic rings. The number of amides is 2.